The number of rotatable bonds is 1. The summed E-state index contributed by atoms with van der Waals surface area (Å²) in [6.07, 6.45) is 2.97. The Morgan fingerprint density at radius 2 is 2.19 bits per heavy atom. The molecule has 2 atom stereocenters. The van der Waals surface area contributed by atoms with Crippen LogP contribution in [0.3, 0.4) is 0 Å². The van der Waals surface area contributed by atoms with Gasteiger partial charge in [-0.15, -0.1) is 11.3 Å². The number of aromatic nitrogens is 1. The van der Waals surface area contributed by atoms with Crippen LogP contribution in [-0.2, 0) is 5.60 Å². The van der Waals surface area contributed by atoms with E-state index in [-0.39, 0.29) is 5.92 Å². The van der Waals surface area contributed by atoms with Gasteiger partial charge in [0.1, 0.15) is 10.2 Å². The monoisotopic (exact) mass is 303 g/mol. The molecule has 90 valence electrons. The third-order valence-electron chi connectivity index (χ3n) is 3.77. The molecule has 1 aromatic rings. The predicted molar refractivity (Wildman–Crippen MR) is 70.5 cm³/mol. The van der Waals surface area contributed by atoms with Crippen molar-refractivity contribution < 1.29 is 5.11 Å². The Bertz CT molecular complexity index is 390. The smallest absolute Gasteiger partial charge is 0.123 e. The molecule has 1 fully saturated rings. The Morgan fingerprint density at radius 1 is 1.50 bits per heavy atom. The Kier molecular flexibility index (Phi) is 3.19. The summed E-state index contributed by atoms with van der Waals surface area (Å²) >= 11 is 4.98. The van der Waals surface area contributed by atoms with Gasteiger partial charge in [0.2, 0.25) is 0 Å². The van der Waals surface area contributed by atoms with Crippen LogP contribution in [0.1, 0.15) is 44.9 Å². The van der Waals surface area contributed by atoms with E-state index in [2.05, 4.69) is 41.7 Å². The van der Waals surface area contributed by atoms with Gasteiger partial charge in [-0.25, -0.2) is 4.98 Å². The number of halogens is 1. The molecule has 0 spiro atoms. The van der Waals surface area contributed by atoms with Crippen LogP contribution in [0.2, 0.25) is 0 Å². The zero-order chi connectivity index (χ0) is 12.0. The topological polar surface area (TPSA) is 33.1 Å². The molecular weight excluding hydrogens is 286 g/mol. The fraction of sp³-hybridized carbons (Fsp3) is 0.750. The van der Waals surface area contributed by atoms with Crippen LogP contribution in [0.4, 0.5) is 0 Å². The zero-order valence-corrected chi connectivity index (χ0v) is 12.4. The maximum absolute atomic E-state index is 10.9. The first-order valence-corrected chi connectivity index (χ1v) is 7.34. The molecule has 0 radical (unpaired) electrons. The largest absolute Gasteiger partial charge is 0.384 e. The molecule has 16 heavy (non-hydrogen) atoms. The number of hydrogen-bond acceptors (Lipinski definition) is 3. The number of aliphatic hydroxyl groups is 1. The maximum atomic E-state index is 10.9. The summed E-state index contributed by atoms with van der Waals surface area (Å²) in [6, 6.07) is 0. The molecule has 1 aromatic heterocycles. The first-order chi connectivity index (χ1) is 7.35. The molecule has 0 saturated heterocycles. The molecule has 1 N–H and O–H groups in total. The molecule has 2 rings (SSSR count). The van der Waals surface area contributed by atoms with E-state index >= 15 is 0 Å². The first kappa shape index (κ1) is 12.5. The van der Waals surface area contributed by atoms with Crippen molar-refractivity contribution in [2.45, 2.75) is 45.6 Å². The van der Waals surface area contributed by atoms with E-state index < -0.39 is 5.60 Å². The van der Waals surface area contributed by atoms with E-state index in [1.807, 2.05) is 0 Å². The van der Waals surface area contributed by atoms with Gasteiger partial charge in [0, 0.05) is 0 Å². The van der Waals surface area contributed by atoms with Crippen LogP contribution in [-0.4, -0.2) is 10.1 Å². The van der Waals surface area contributed by atoms with Crippen LogP contribution < -0.4 is 0 Å². The lowest BCUT2D eigenvalue weighted by Gasteiger charge is -2.44. The van der Waals surface area contributed by atoms with Crippen molar-refractivity contribution in [3.05, 3.63) is 15.0 Å². The zero-order valence-electron chi connectivity index (χ0n) is 9.96. The van der Waals surface area contributed by atoms with E-state index in [1.54, 1.807) is 16.8 Å². The highest BCUT2D eigenvalue weighted by atomic mass is 79.9. The van der Waals surface area contributed by atoms with Crippen molar-refractivity contribution in [3.63, 3.8) is 0 Å². The molecule has 1 aliphatic carbocycles. The van der Waals surface area contributed by atoms with Crippen molar-refractivity contribution in [2.75, 3.05) is 0 Å². The molecule has 1 saturated carbocycles. The Morgan fingerprint density at radius 3 is 2.69 bits per heavy atom. The van der Waals surface area contributed by atoms with Crippen molar-refractivity contribution in [2.24, 2.45) is 11.3 Å². The maximum Gasteiger partial charge on any atom is 0.123 e. The summed E-state index contributed by atoms with van der Waals surface area (Å²) in [5, 5.41) is 10.9. The third-order valence-corrected chi connectivity index (χ3v) is 5.63. The number of nitrogens with zero attached hydrogens (tertiary/aromatic N) is 1. The second-order valence-corrected chi connectivity index (χ2v) is 7.27. The highest BCUT2D eigenvalue weighted by molar-refractivity contribution is 9.10. The second-order valence-electron chi connectivity index (χ2n) is 5.67. The van der Waals surface area contributed by atoms with Crippen LogP contribution >= 0.6 is 27.3 Å². The number of thiazole rings is 1. The van der Waals surface area contributed by atoms with E-state index in [9.17, 15) is 5.11 Å². The van der Waals surface area contributed by atoms with Gasteiger partial charge >= 0.3 is 0 Å². The average Bonchev–Trinajstić information content (AvgIpc) is 2.59. The van der Waals surface area contributed by atoms with Gasteiger partial charge in [-0.3, -0.25) is 0 Å². The molecule has 0 amide bonds. The molecule has 2 unspecified atom stereocenters. The minimum Gasteiger partial charge on any atom is -0.384 e. The summed E-state index contributed by atoms with van der Waals surface area (Å²) in [4.78, 5) is 5.18. The minimum atomic E-state index is -0.685. The number of hydrogen-bond donors (Lipinski definition) is 1. The Balaban J connectivity index is 2.30. The standard InChI is InChI=1S/C12H18BrNOS/c1-8-6-11(2,3)4-5-12(8,15)9-10(13)14-7-16-9/h7-8,15H,4-6H2,1-3H3. The summed E-state index contributed by atoms with van der Waals surface area (Å²) in [5.41, 5.74) is 1.46. The lowest BCUT2D eigenvalue weighted by Crippen LogP contribution is -2.41. The first-order valence-electron chi connectivity index (χ1n) is 5.67. The molecule has 1 heterocycles. The fourth-order valence-corrected chi connectivity index (χ4v) is 4.51. The van der Waals surface area contributed by atoms with Crippen molar-refractivity contribution in [1.29, 1.82) is 0 Å². The van der Waals surface area contributed by atoms with E-state index in [1.165, 1.54) is 0 Å². The molecule has 0 bridgehead atoms. The summed E-state index contributed by atoms with van der Waals surface area (Å²) in [6.45, 7) is 6.71. The predicted octanol–water partition coefficient (Wildman–Crippen LogP) is 3.94. The average molecular weight is 304 g/mol. The van der Waals surface area contributed by atoms with Crippen LogP contribution in [0, 0.1) is 11.3 Å². The van der Waals surface area contributed by atoms with Crippen LogP contribution in [0.15, 0.2) is 10.1 Å². The third kappa shape index (κ3) is 2.07. The molecule has 1 aliphatic rings. The SMILES string of the molecule is CC1CC(C)(C)CCC1(O)c1scnc1Br. The quantitative estimate of drug-likeness (QED) is 0.852. The summed E-state index contributed by atoms with van der Waals surface area (Å²) in [5.74, 6) is 0.285. The fourth-order valence-electron chi connectivity index (χ4n) is 2.73. The summed E-state index contributed by atoms with van der Waals surface area (Å²) in [7, 11) is 0. The van der Waals surface area contributed by atoms with Gasteiger partial charge in [-0.05, 0) is 46.5 Å². The van der Waals surface area contributed by atoms with Gasteiger partial charge in [0.15, 0.2) is 0 Å². The molecular formula is C12H18BrNOS. The highest BCUT2D eigenvalue weighted by Gasteiger charge is 2.45. The van der Waals surface area contributed by atoms with Crippen molar-refractivity contribution in [1.82, 2.24) is 4.98 Å². The van der Waals surface area contributed by atoms with Gasteiger partial charge in [-0.2, -0.15) is 0 Å². The van der Waals surface area contributed by atoms with E-state index in [4.69, 9.17) is 0 Å². The summed E-state index contributed by atoms with van der Waals surface area (Å²) < 4.78 is 0.812. The Hall–Kier alpha value is 0.0700. The molecule has 4 heteroatoms. The lowest BCUT2D eigenvalue weighted by atomic mass is 9.65. The van der Waals surface area contributed by atoms with Crippen LogP contribution in [0.5, 0.6) is 0 Å². The van der Waals surface area contributed by atoms with Gasteiger partial charge in [0.25, 0.3) is 0 Å². The minimum absolute atomic E-state index is 0.285. The molecule has 0 aromatic carbocycles. The van der Waals surface area contributed by atoms with Gasteiger partial charge in [-0.1, -0.05) is 20.8 Å². The molecule has 0 aliphatic heterocycles. The Labute approximate surface area is 109 Å². The van der Waals surface area contributed by atoms with Gasteiger partial charge in [0.05, 0.1) is 10.4 Å². The van der Waals surface area contributed by atoms with Crippen molar-refractivity contribution in [3.8, 4) is 0 Å². The lowest BCUT2D eigenvalue weighted by molar-refractivity contribution is -0.0748. The molecule has 2 nitrogen and oxygen atoms in total. The second kappa shape index (κ2) is 4.07. The highest BCUT2D eigenvalue weighted by Crippen LogP contribution is 2.50. The van der Waals surface area contributed by atoms with Crippen molar-refractivity contribution >= 4 is 27.3 Å². The van der Waals surface area contributed by atoms with E-state index in [0.29, 0.717) is 5.41 Å². The van der Waals surface area contributed by atoms with Gasteiger partial charge < -0.3 is 5.11 Å². The normalized spacial score (nSPS) is 33.9. The van der Waals surface area contributed by atoms with Crippen LogP contribution in [0.25, 0.3) is 0 Å². The van der Waals surface area contributed by atoms with E-state index in [0.717, 1.165) is 28.7 Å².